The molecule has 5 N–H and O–H groups in total. The van der Waals surface area contributed by atoms with Crippen LogP contribution in [0, 0.1) is 0 Å². The normalized spacial score (nSPS) is 25.1. The van der Waals surface area contributed by atoms with Gasteiger partial charge < -0.3 is 16.8 Å². The fourth-order valence-corrected chi connectivity index (χ4v) is 1.82. The van der Waals surface area contributed by atoms with Crippen molar-refractivity contribution >= 4 is 5.82 Å². The van der Waals surface area contributed by atoms with Gasteiger partial charge in [-0.05, 0) is 12.5 Å². The molecule has 0 saturated heterocycles. The van der Waals surface area contributed by atoms with Crippen LogP contribution in [0.15, 0.2) is 24.2 Å². The number of anilines is 1. The van der Waals surface area contributed by atoms with E-state index in [1.54, 1.807) is 10.9 Å². The van der Waals surface area contributed by atoms with Gasteiger partial charge in [-0.3, -0.25) is 0 Å². The van der Waals surface area contributed by atoms with E-state index in [-0.39, 0.29) is 0 Å². The van der Waals surface area contributed by atoms with Gasteiger partial charge in [0.1, 0.15) is 17.3 Å². The summed E-state index contributed by atoms with van der Waals surface area (Å²) in [5.41, 5.74) is 11.4. The van der Waals surface area contributed by atoms with E-state index in [2.05, 4.69) is 17.3 Å². The third-order valence-electron chi connectivity index (χ3n) is 2.37. The molecule has 1 aliphatic rings. The number of nitrogens with zero attached hydrogens (tertiary/aromatic N) is 2. The smallest absolute Gasteiger partial charge is 0.134 e. The lowest BCUT2D eigenvalue weighted by Crippen LogP contribution is -2.46. The zero-order valence-electron chi connectivity index (χ0n) is 8.20. The fraction of sp³-hybridized carbons (Fsp3) is 0.444. The summed E-state index contributed by atoms with van der Waals surface area (Å²) in [4.78, 5) is 0. The molecule has 0 aliphatic carbocycles. The summed E-state index contributed by atoms with van der Waals surface area (Å²) in [7, 11) is 0. The third-order valence-corrected chi connectivity index (χ3v) is 2.37. The lowest BCUT2D eigenvalue weighted by atomic mass is 10.0. The molecule has 2 rings (SSSR count). The van der Waals surface area contributed by atoms with Crippen LogP contribution in [0.5, 0.6) is 0 Å². The zero-order chi connectivity index (χ0) is 10.2. The predicted molar refractivity (Wildman–Crippen MR) is 55.2 cm³/mol. The Balaban J connectivity index is 2.44. The second-order valence-corrected chi connectivity index (χ2v) is 3.59. The fourth-order valence-electron chi connectivity index (χ4n) is 1.82. The van der Waals surface area contributed by atoms with E-state index < -0.39 is 5.66 Å². The van der Waals surface area contributed by atoms with Gasteiger partial charge in [0.2, 0.25) is 0 Å². The monoisotopic (exact) mass is 193 g/mol. The maximum absolute atomic E-state index is 6.22. The van der Waals surface area contributed by atoms with Crippen molar-refractivity contribution in [2.45, 2.75) is 25.4 Å². The molecule has 5 nitrogen and oxygen atoms in total. The zero-order valence-corrected chi connectivity index (χ0v) is 8.20. The van der Waals surface area contributed by atoms with Gasteiger partial charge in [-0.15, -0.1) is 0 Å². The molecule has 1 atom stereocenters. The van der Waals surface area contributed by atoms with Crippen LogP contribution in [0.4, 0.5) is 5.82 Å². The molecule has 0 saturated carbocycles. The van der Waals surface area contributed by atoms with Crippen molar-refractivity contribution < 1.29 is 0 Å². The van der Waals surface area contributed by atoms with Gasteiger partial charge in [-0.1, -0.05) is 13.3 Å². The molecule has 14 heavy (non-hydrogen) atoms. The molecule has 0 amide bonds. The van der Waals surface area contributed by atoms with Crippen LogP contribution in [0.3, 0.4) is 0 Å². The summed E-state index contributed by atoms with van der Waals surface area (Å²) in [6.07, 6.45) is 5.34. The molecule has 1 aromatic rings. The van der Waals surface area contributed by atoms with Crippen molar-refractivity contribution in [2.75, 3.05) is 5.32 Å². The van der Waals surface area contributed by atoms with Gasteiger partial charge in [0, 0.05) is 6.07 Å². The molecule has 1 aromatic heterocycles. The van der Waals surface area contributed by atoms with Crippen molar-refractivity contribution in [3.8, 4) is 0 Å². The van der Waals surface area contributed by atoms with E-state index in [0.29, 0.717) is 5.82 Å². The molecule has 76 valence electrons. The molecule has 2 heterocycles. The van der Waals surface area contributed by atoms with Crippen molar-refractivity contribution in [1.82, 2.24) is 9.78 Å². The van der Waals surface area contributed by atoms with Crippen molar-refractivity contribution in [3.63, 3.8) is 0 Å². The summed E-state index contributed by atoms with van der Waals surface area (Å²) in [6, 6.07) is 1.86. The molecular weight excluding hydrogens is 178 g/mol. The molecule has 0 radical (unpaired) electrons. The molecule has 1 unspecified atom stereocenters. The Labute approximate surface area is 82.8 Å². The Hall–Kier alpha value is -1.49. The number of hydrogen-bond donors (Lipinski definition) is 3. The lowest BCUT2D eigenvalue weighted by Gasteiger charge is -2.32. The largest absolute Gasteiger partial charge is 0.385 e. The van der Waals surface area contributed by atoms with Crippen molar-refractivity contribution in [3.05, 3.63) is 24.2 Å². The summed E-state index contributed by atoms with van der Waals surface area (Å²) in [6.45, 7) is 2.09. The van der Waals surface area contributed by atoms with Crippen LogP contribution >= 0.6 is 0 Å². The summed E-state index contributed by atoms with van der Waals surface area (Å²) in [5.74, 6) is 1.44. The number of aromatic nitrogens is 2. The van der Waals surface area contributed by atoms with E-state index in [4.69, 9.17) is 11.5 Å². The average Bonchev–Trinajstić information content (AvgIpc) is 2.52. The highest BCUT2D eigenvalue weighted by molar-refractivity contribution is 5.45. The van der Waals surface area contributed by atoms with Crippen LogP contribution < -0.4 is 16.8 Å². The van der Waals surface area contributed by atoms with Gasteiger partial charge in [0.05, 0.1) is 6.20 Å². The number of rotatable bonds is 2. The maximum Gasteiger partial charge on any atom is 0.134 e. The van der Waals surface area contributed by atoms with Crippen molar-refractivity contribution in [1.29, 1.82) is 0 Å². The van der Waals surface area contributed by atoms with Crippen LogP contribution in [0.2, 0.25) is 0 Å². The maximum atomic E-state index is 6.22. The van der Waals surface area contributed by atoms with Gasteiger partial charge in [-0.25, -0.2) is 4.68 Å². The van der Waals surface area contributed by atoms with Gasteiger partial charge >= 0.3 is 0 Å². The minimum absolute atomic E-state index is 0.580. The molecule has 0 spiro atoms. The number of fused-ring (bicyclic) bond motifs is 1. The number of hydrogen-bond acceptors (Lipinski definition) is 4. The molecule has 5 heteroatoms. The number of nitrogens with two attached hydrogens (primary N) is 2. The Morgan fingerprint density at radius 2 is 2.43 bits per heavy atom. The summed E-state index contributed by atoms with van der Waals surface area (Å²) in [5, 5.41) is 7.20. The van der Waals surface area contributed by atoms with Gasteiger partial charge in [-0.2, -0.15) is 5.10 Å². The van der Waals surface area contributed by atoms with Crippen LogP contribution in [-0.4, -0.2) is 9.78 Å². The first kappa shape index (κ1) is 9.08. The van der Waals surface area contributed by atoms with E-state index in [9.17, 15) is 0 Å². The quantitative estimate of drug-likeness (QED) is 0.639. The first-order valence-corrected chi connectivity index (χ1v) is 4.74. The van der Waals surface area contributed by atoms with E-state index in [0.717, 1.165) is 18.7 Å². The molecule has 0 fully saturated rings. The summed E-state index contributed by atoms with van der Waals surface area (Å²) < 4.78 is 1.77. The highest BCUT2D eigenvalue weighted by Crippen LogP contribution is 2.27. The minimum atomic E-state index is -0.580. The van der Waals surface area contributed by atoms with Gasteiger partial charge in [0.15, 0.2) is 0 Å². The highest BCUT2D eigenvalue weighted by atomic mass is 15.4. The topological polar surface area (TPSA) is 81.9 Å². The third kappa shape index (κ3) is 1.26. The Kier molecular flexibility index (Phi) is 1.96. The molecule has 0 bridgehead atoms. The molecule has 0 aromatic carbocycles. The van der Waals surface area contributed by atoms with E-state index >= 15 is 0 Å². The average molecular weight is 193 g/mol. The second kappa shape index (κ2) is 3.02. The first-order chi connectivity index (χ1) is 6.65. The Morgan fingerprint density at radius 3 is 3.14 bits per heavy atom. The van der Waals surface area contributed by atoms with Crippen LogP contribution in [0.25, 0.3) is 0 Å². The SMILES string of the molecule is CCCC1(N)C=C(N)Nc2ccnn21. The summed E-state index contributed by atoms with van der Waals surface area (Å²) >= 11 is 0. The lowest BCUT2D eigenvalue weighted by molar-refractivity contribution is 0.315. The first-order valence-electron chi connectivity index (χ1n) is 4.74. The van der Waals surface area contributed by atoms with Crippen LogP contribution in [0.1, 0.15) is 19.8 Å². The Bertz CT molecular complexity index is 367. The Morgan fingerprint density at radius 1 is 1.64 bits per heavy atom. The highest BCUT2D eigenvalue weighted by Gasteiger charge is 2.30. The molecular formula is C9H15N5. The van der Waals surface area contributed by atoms with E-state index in [1.807, 2.05) is 12.1 Å². The standard InChI is InChI=1S/C9H15N5/c1-2-4-9(11)6-7(10)13-8-3-5-12-14(8)9/h3,5-6,13H,2,4,10-11H2,1H3. The minimum Gasteiger partial charge on any atom is -0.385 e. The predicted octanol–water partition coefficient (Wildman–Crippen LogP) is 0.520. The van der Waals surface area contributed by atoms with Crippen LogP contribution in [-0.2, 0) is 5.66 Å². The van der Waals surface area contributed by atoms with Crippen molar-refractivity contribution in [2.24, 2.45) is 11.5 Å². The molecule has 1 aliphatic heterocycles. The van der Waals surface area contributed by atoms with E-state index in [1.165, 1.54) is 0 Å². The number of nitrogens with one attached hydrogen (secondary N) is 1. The second-order valence-electron chi connectivity index (χ2n) is 3.59. The van der Waals surface area contributed by atoms with Gasteiger partial charge in [0.25, 0.3) is 0 Å².